The van der Waals surface area contributed by atoms with Crippen molar-refractivity contribution in [3.8, 4) is 0 Å². The molecule has 0 bridgehead atoms. The number of carbonyl (C=O) groups excluding carboxylic acids is 3. The van der Waals surface area contributed by atoms with E-state index in [9.17, 15) is 14.4 Å². The monoisotopic (exact) mass is 383 g/mol. The molecule has 0 spiro atoms. The Kier molecular flexibility index (Phi) is 6.26. The van der Waals surface area contributed by atoms with Gasteiger partial charge in [-0.05, 0) is 18.2 Å². The van der Waals surface area contributed by atoms with Crippen LogP contribution in [0, 0.1) is 0 Å². The summed E-state index contributed by atoms with van der Waals surface area (Å²) < 4.78 is 5.60. The fourth-order valence-electron chi connectivity index (χ4n) is 2.20. The van der Waals surface area contributed by atoms with Crippen molar-refractivity contribution < 1.29 is 19.1 Å². The molecule has 1 aliphatic rings. The Morgan fingerprint density at radius 1 is 1.17 bits per heavy atom. The number of amides is 3. The van der Waals surface area contributed by atoms with Gasteiger partial charge in [-0.1, -0.05) is 15.9 Å². The minimum absolute atomic E-state index is 0.276. The normalized spacial score (nSPS) is 13.4. The van der Waals surface area contributed by atoms with Crippen molar-refractivity contribution in [2.45, 2.75) is 0 Å². The third-order valence-electron chi connectivity index (χ3n) is 3.34. The molecule has 1 aromatic rings. The molecule has 0 atom stereocenters. The summed E-state index contributed by atoms with van der Waals surface area (Å²) in [6.45, 7) is 2.02. The Bertz CT molecular complexity index is 621. The summed E-state index contributed by atoms with van der Waals surface area (Å²) in [7, 11) is 1.62. The van der Waals surface area contributed by atoms with E-state index in [2.05, 4.69) is 26.6 Å². The van der Waals surface area contributed by atoms with E-state index >= 15 is 0 Å². The van der Waals surface area contributed by atoms with Crippen molar-refractivity contribution in [2.24, 2.45) is 0 Å². The first kappa shape index (κ1) is 17.6. The molecule has 124 valence electrons. The number of fused-ring (bicyclic) bond motifs is 1. The van der Waals surface area contributed by atoms with Gasteiger partial charge in [0.1, 0.15) is 6.54 Å². The first-order valence-electron chi connectivity index (χ1n) is 7.16. The Balaban J connectivity index is 1.83. The van der Waals surface area contributed by atoms with E-state index in [0.717, 1.165) is 4.90 Å². The topological polar surface area (TPSA) is 87.7 Å². The Hall–Kier alpha value is -1.77. The van der Waals surface area contributed by atoms with Crippen LogP contribution in [-0.2, 0) is 9.53 Å². The molecule has 0 unspecified atom stereocenters. The fraction of sp³-hybridized carbons (Fsp3) is 0.400. The van der Waals surface area contributed by atoms with E-state index < -0.39 is 11.8 Å². The summed E-state index contributed by atoms with van der Waals surface area (Å²) in [6.07, 6.45) is 0. The molecule has 7 nitrogen and oxygen atoms in total. The summed E-state index contributed by atoms with van der Waals surface area (Å²) in [5.41, 5.74) is 0.644. The number of benzene rings is 1. The van der Waals surface area contributed by atoms with Crippen LogP contribution in [0.1, 0.15) is 20.7 Å². The predicted molar refractivity (Wildman–Crippen MR) is 87.3 cm³/mol. The highest BCUT2D eigenvalue weighted by Crippen LogP contribution is 2.25. The Morgan fingerprint density at radius 3 is 2.65 bits per heavy atom. The maximum Gasteiger partial charge on any atom is 0.262 e. The van der Waals surface area contributed by atoms with Gasteiger partial charge in [0.25, 0.3) is 11.8 Å². The molecule has 1 heterocycles. The lowest BCUT2D eigenvalue weighted by Gasteiger charge is -2.13. The lowest BCUT2D eigenvalue weighted by Crippen LogP contribution is -2.42. The van der Waals surface area contributed by atoms with Crippen molar-refractivity contribution in [3.63, 3.8) is 0 Å². The molecule has 23 heavy (non-hydrogen) atoms. The molecule has 0 saturated carbocycles. The zero-order valence-electron chi connectivity index (χ0n) is 12.7. The van der Waals surface area contributed by atoms with E-state index in [0.29, 0.717) is 41.8 Å². The largest absolute Gasteiger partial charge is 0.383 e. The van der Waals surface area contributed by atoms with Crippen molar-refractivity contribution in [3.05, 3.63) is 33.8 Å². The summed E-state index contributed by atoms with van der Waals surface area (Å²) in [4.78, 5) is 37.2. The molecule has 0 radical (unpaired) electrons. The molecule has 2 N–H and O–H groups in total. The van der Waals surface area contributed by atoms with Gasteiger partial charge in [0.05, 0.1) is 17.7 Å². The van der Waals surface area contributed by atoms with Gasteiger partial charge in [-0.25, -0.2) is 0 Å². The van der Waals surface area contributed by atoms with E-state index in [4.69, 9.17) is 4.74 Å². The first-order chi connectivity index (χ1) is 11.0. The smallest absolute Gasteiger partial charge is 0.262 e. The number of rotatable bonds is 8. The van der Waals surface area contributed by atoms with Crippen molar-refractivity contribution in [1.29, 1.82) is 0 Å². The lowest BCUT2D eigenvalue weighted by atomic mass is 10.1. The SMILES string of the molecule is COCCNCCNC(=O)CN1C(=O)c2ccc(Br)cc2C1=O. The molecule has 0 aromatic heterocycles. The summed E-state index contributed by atoms with van der Waals surface area (Å²) >= 11 is 3.27. The van der Waals surface area contributed by atoms with Gasteiger partial charge in [0.2, 0.25) is 5.91 Å². The van der Waals surface area contributed by atoms with Gasteiger partial charge in [0.15, 0.2) is 0 Å². The zero-order valence-corrected chi connectivity index (χ0v) is 14.3. The standard InChI is InChI=1S/C15H18BrN3O4/c1-23-7-6-17-4-5-18-13(20)9-19-14(21)11-3-2-10(16)8-12(11)15(19)22/h2-3,8,17H,4-7,9H2,1H3,(H,18,20). The maximum atomic E-state index is 12.2. The minimum Gasteiger partial charge on any atom is -0.383 e. The van der Waals surface area contributed by atoms with Gasteiger partial charge in [-0.3, -0.25) is 19.3 Å². The van der Waals surface area contributed by atoms with Crippen LogP contribution >= 0.6 is 15.9 Å². The zero-order chi connectivity index (χ0) is 16.8. The molecule has 3 amide bonds. The highest BCUT2D eigenvalue weighted by atomic mass is 79.9. The Labute approximate surface area is 142 Å². The molecular weight excluding hydrogens is 366 g/mol. The highest BCUT2D eigenvalue weighted by molar-refractivity contribution is 9.10. The fourth-order valence-corrected chi connectivity index (χ4v) is 2.56. The molecule has 8 heteroatoms. The van der Waals surface area contributed by atoms with E-state index in [-0.39, 0.29) is 12.5 Å². The number of nitrogens with one attached hydrogen (secondary N) is 2. The number of hydrogen-bond acceptors (Lipinski definition) is 5. The lowest BCUT2D eigenvalue weighted by molar-refractivity contribution is -0.121. The minimum atomic E-state index is -0.445. The third-order valence-corrected chi connectivity index (χ3v) is 3.83. The van der Waals surface area contributed by atoms with E-state index in [1.165, 1.54) is 0 Å². The van der Waals surface area contributed by atoms with Gasteiger partial charge in [0, 0.05) is 31.2 Å². The summed E-state index contributed by atoms with van der Waals surface area (Å²) in [6, 6.07) is 4.86. The third kappa shape index (κ3) is 4.37. The van der Waals surface area contributed by atoms with Crippen LogP contribution in [0.3, 0.4) is 0 Å². The second kappa shape index (κ2) is 8.19. The Morgan fingerprint density at radius 2 is 1.91 bits per heavy atom. The molecule has 0 aliphatic carbocycles. The van der Waals surface area contributed by atoms with E-state index in [1.54, 1.807) is 25.3 Å². The van der Waals surface area contributed by atoms with Gasteiger partial charge in [-0.15, -0.1) is 0 Å². The average Bonchev–Trinajstić information content (AvgIpc) is 2.75. The maximum absolute atomic E-state index is 12.2. The van der Waals surface area contributed by atoms with Crippen LogP contribution in [0.4, 0.5) is 0 Å². The van der Waals surface area contributed by atoms with Gasteiger partial charge >= 0.3 is 0 Å². The predicted octanol–water partition coefficient (Wildman–Crippen LogP) is 0.397. The van der Waals surface area contributed by atoms with Gasteiger partial charge < -0.3 is 15.4 Å². The van der Waals surface area contributed by atoms with E-state index in [1.807, 2.05) is 0 Å². The number of nitrogens with zero attached hydrogens (tertiary/aromatic N) is 1. The quantitative estimate of drug-likeness (QED) is 0.501. The second-order valence-electron chi connectivity index (χ2n) is 4.98. The number of hydrogen-bond donors (Lipinski definition) is 2. The highest BCUT2D eigenvalue weighted by Gasteiger charge is 2.36. The van der Waals surface area contributed by atoms with Crippen LogP contribution in [-0.4, -0.2) is 62.5 Å². The molecular formula is C15H18BrN3O4. The van der Waals surface area contributed by atoms with Crippen molar-refractivity contribution >= 4 is 33.7 Å². The summed E-state index contributed by atoms with van der Waals surface area (Å²) in [5, 5.41) is 5.75. The second-order valence-corrected chi connectivity index (χ2v) is 5.89. The molecule has 1 aromatic carbocycles. The average molecular weight is 384 g/mol. The van der Waals surface area contributed by atoms with Crippen LogP contribution in [0.5, 0.6) is 0 Å². The van der Waals surface area contributed by atoms with Crippen LogP contribution < -0.4 is 10.6 Å². The molecule has 1 aliphatic heterocycles. The molecule has 0 fully saturated rings. The number of halogens is 1. The molecule has 2 rings (SSSR count). The first-order valence-corrected chi connectivity index (χ1v) is 7.96. The van der Waals surface area contributed by atoms with Crippen LogP contribution in [0.15, 0.2) is 22.7 Å². The van der Waals surface area contributed by atoms with Gasteiger partial charge in [-0.2, -0.15) is 0 Å². The molecule has 0 saturated heterocycles. The van der Waals surface area contributed by atoms with Crippen molar-refractivity contribution in [2.75, 3.05) is 39.9 Å². The number of methoxy groups -OCH3 is 1. The number of ether oxygens (including phenoxy) is 1. The number of carbonyl (C=O) groups is 3. The van der Waals surface area contributed by atoms with Crippen molar-refractivity contribution in [1.82, 2.24) is 15.5 Å². The van der Waals surface area contributed by atoms with Crippen LogP contribution in [0.25, 0.3) is 0 Å². The number of imide groups is 1. The van der Waals surface area contributed by atoms with Crippen LogP contribution in [0.2, 0.25) is 0 Å². The summed E-state index contributed by atoms with van der Waals surface area (Å²) in [5.74, 6) is -1.25.